The van der Waals surface area contributed by atoms with Crippen LogP contribution < -0.4 is 10.2 Å². The van der Waals surface area contributed by atoms with Crippen LogP contribution in [-0.2, 0) is 6.18 Å². The van der Waals surface area contributed by atoms with E-state index in [-0.39, 0.29) is 17.6 Å². The lowest BCUT2D eigenvalue weighted by Crippen LogP contribution is -2.45. The zero-order valence-electron chi connectivity index (χ0n) is 13.2. The quantitative estimate of drug-likeness (QED) is 0.919. The predicted molar refractivity (Wildman–Crippen MR) is 84.0 cm³/mol. The van der Waals surface area contributed by atoms with E-state index in [1.165, 1.54) is 30.9 Å². The molecular formula is C16H16F3N5O. The van der Waals surface area contributed by atoms with Gasteiger partial charge in [0, 0.05) is 31.5 Å². The fourth-order valence-corrected chi connectivity index (χ4v) is 2.70. The van der Waals surface area contributed by atoms with Crippen LogP contribution in [0.15, 0.2) is 36.9 Å². The molecule has 0 aromatic carbocycles. The Morgan fingerprint density at radius 2 is 1.88 bits per heavy atom. The van der Waals surface area contributed by atoms with Crippen LogP contribution in [0.1, 0.15) is 29.0 Å². The molecule has 0 radical (unpaired) electrons. The van der Waals surface area contributed by atoms with Crippen molar-refractivity contribution in [1.82, 2.24) is 20.3 Å². The fraction of sp³-hybridized carbons (Fsp3) is 0.375. The van der Waals surface area contributed by atoms with Crippen LogP contribution in [0.25, 0.3) is 0 Å². The molecule has 1 aliphatic rings. The molecule has 0 unspecified atom stereocenters. The van der Waals surface area contributed by atoms with E-state index in [1.807, 2.05) is 4.90 Å². The van der Waals surface area contributed by atoms with Crippen LogP contribution in [-0.4, -0.2) is 40.0 Å². The molecule has 0 atom stereocenters. The maximum atomic E-state index is 12.5. The minimum absolute atomic E-state index is 0.00633. The van der Waals surface area contributed by atoms with Crippen molar-refractivity contribution in [2.45, 2.75) is 25.1 Å². The van der Waals surface area contributed by atoms with Crippen LogP contribution in [0.3, 0.4) is 0 Å². The van der Waals surface area contributed by atoms with Gasteiger partial charge in [-0.15, -0.1) is 0 Å². The summed E-state index contributed by atoms with van der Waals surface area (Å²) in [6, 6.07) is 2.40. The van der Waals surface area contributed by atoms with Crippen LogP contribution in [0.4, 0.5) is 18.9 Å². The third-order valence-corrected chi connectivity index (χ3v) is 4.03. The molecule has 3 heterocycles. The number of aromatic nitrogens is 3. The number of nitrogens with one attached hydrogen (secondary N) is 1. The third-order valence-electron chi connectivity index (χ3n) is 4.03. The van der Waals surface area contributed by atoms with Gasteiger partial charge in [0.25, 0.3) is 5.91 Å². The highest BCUT2D eigenvalue weighted by atomic mass is 19.4. The Bertz CT molecular complexity index is 713. The molecule has 1 saturated heterocycles. The van der Waals surface area contributed by atoms with Crippen LogP contribution in [0.2, 0.25) is 0 Å². The number of anilines is 1. The number of amides is 1. The van der Waals surface area contributed by atoms with E-state index < -0.39 is 11.9 Å². The lowest BCUT2D eigenvalue weighted by Gasteiger charge is -2.33. The van der Waals surface area contributed by atoms with Crippen molar-refractivity contribution in [2.75, 3.05) is 18.0 Å². The molecule has 2 aromatic rings. The van der Waals surface area contributed by atoms with E-state index in [0.717, 1.165) is 6.07 Å². The first kappa shape index (κ1) is 17.1. The summed E-state index contributed by atoms with van der Waals surface area (Å²) < 4.78 is 37.6. The molecule has 0 aliphatic carbocycles. The first-order valence-corrected chi connectivity index (χ1v) is 7.78. The number of piperidine rings is 1. The van der Waals surface area contributed by atoms with Gasteiger partial charge in [-0.1, -0.05) is 0 Å². The van der Waals surface area contributed by atoms with Crippen molar-refractivity contribution in [1.29, 1.82) is 0 Å². The van der Waals surface area contributed by atoms with E-state index in [4.69, 9.17) is 0 Å². The highest BCUT2D eigenvalue weighted by Crippen LogP contribution is 2.29. The molecular weight excluding hydrogens is 335 g/mol. The largest absolute Gasteiger partial charge is 0.433 e. The summed E-state index contributed by atoms with van der Waals surface area (Å²) in [5.41, 5.74) is 0.00550. The summed E-state index contributed by atoms with van der Waals surface area (Å²) in [5, 5.41) is 2.90. The zero-order valence-corrected chi connectivity index (χ0v) is 13.2. The Labute approximate surface area is 142 Å². The van der Waals surface area contributed by atoms with Gasteiger partial charge in [0.1, 0.15) is 11.4 Å². The average Bonchev–Trinajstić information content (AvgIpc) is 2.62. The Kier molecular flexibility index (Phi) is 4.82. The number of alkyl halides is 3. The van der Waals surface area contributed by atoms with Crippen molar-refractivity contribution in [3.63, 3.8) is 0 Å². The van der Waals surface area contributed by atoms with Gasteiger partial charge in [-0.25, -0.2) is 9.97 Å². The first-order valence-electron chi connectivity index (χ1n) is 7.78. The molecule has 9 heteroatoms. The third kappa shape index (κ3) is 4.23. The van der Waals surface area contributed by atoms with E-state index in [1.54, 1.807) is 0 Å². The normalized spacial score (nSPS) is 15.9. The van der Waals surface area contributed by atoms with Gasteiger partial charge in [0.05, 0.1) is 18.1 Å². The van der Waals surface area contributed by atoms with Crippen molar-refractivity contribution >= 4 is 11.6 Å². The maximum absolute atomic E-state index is 12.5. The maximum Gasteiger partial charge on any atom is 0.433 e. The van der Waals surface area contributed by atoms with Crippen LogP contribution >= 0.6 is 0 Å². The van der Waals surface area contributed by atoms with Crippen molar-refractivity contribution in [2.24, 2.45) is 0 Å². The fourth-order valence-electron chi connectivity index (χ4n) is 2.70. The summed E-state index contributed by atoms with van der Waals surface area (Å²) in [7, 11) is 0. The topological polar surface area (TPSA) is 71.0 Å². The number of carbonyl (C=O) groups is 1. The minimum atomic E-state index is -4.43. The Balaban J connectivity index is 1.54. The van der Waals surface area contributed by atoms with Crippen LogP contribution in [0.5, 0.6) is 0 Å². The van der Waals surface area contributed by atoms with E-state index in [2.05, 4.69) is 20.3 Å². The lowest BCUT2D eigenvalue weighted by atomic mass is 10.0. The Morgan fingerprint density at radius 1 is 1.12 bits per heavy atom. The number of halogens is 3. The summed E-state index contributed by atoms with van der Waals surface area (Å²) in [6.45, 7) is 1.25. The molecule has 25 heavy (non-hydrogen) atoms. The molecule has 1 aliphatic heterocycles. The summed E-state index contributed by atoms with van der Waals surface area (Å²) >= 11 is 0. The average molecular weight is 351 g/mol. The number of carbonyl (C=O) groups excluding carboxylic acids is 1. The Morgan fingerprint density at radius 3 is 2.44 bits per heavy atom. The SMILES string of the molecule is O=C(NC1CCN(c2ccc(C(F)(F)F)nc2)CC1)c1cnccn1. The van der Waals surface area contributed by atoms with Crippen molar-refractivity contribution < 1.29 is 18.0 Å². The second-order valence-corrected chi connectivity index (χ2v) is 5.72. The lowest BCUT2D eigenvalue weighted by molar-refractivity contribution is -0.141. The van der Waals surface area contributed by atoms with Gasteiger partial charge in [-0.3, -0.25) is 9.78 Å². The standard InChI is InChI=1S/C16H16F3N5O/c17-16(18,19)14-2-1-12(9-22-14)24-7-3-11(4-8-24)23-15(25)13-10-20-5-6-21-13/h1-2,5-6,9-11H,3-4,7-8H2,(H,23,25). The van der Waals surface area contributed by atoms with Gasteiger partial charge in [-0.05, 0) is 25.0 Å². The molecule has 0 saturated carbocycles. The summed E-state index contributed by atoms with van der Waals surface area (Å²) in [5.74, 6) is -0.275. The highest BCUT2D eigenvalue weighted by Gasteiger charge is 2.32. The van der Waals surface area contributed by atoms with Gasteiger partial charge in [0.15, 0.2) is 0 Å². The molecule has 1 fully saturated rings. The van der Waals surface area contributed by atoms with Crippen LogP contribution in [0, 0.1) is 0 Å². The second kappa shape index (κ2) is 7.04. The molecule has 3 rings (SSSR count). The van der Waals surface area contributed by atoms with Crippen molar-refractivity contribution in [3.8, 4) is 0 Å². The summed E-state index contributed by atoms with van der Waals surface area (Å²) in [6.07, 6.45) is 2.53. The molecule has 1 amide bonds. The van der Waals surface area contributed by atoms with Gasteiger partial charge in [0.2, 0.25) is 0 Å². The summed E-state index contributed by atoms with van der Waals surface area (Å²) in [4.78, 5) is 25.3. The molecule has 6 nitrogen and oxygen atoms in total. The first-order chi connectivity index (χ1) is 11.9. The van der Waals surface area contributed by atoms with E-state index in [0.29, 0.717) is 31.6 Å². The molecule has 0 bridgehead atoms. The highest BCUT2D eigenvalue weighted by molar-refractivity contribution is 5.92. The number of hydrogen-bond donors (Lipinski definition) is 1. The molecule has 132 valence electrons. The molecule has 0 spiro atoms. The smallest absolute Gasteiger partial charge is 0.370 e. The van der Waals surface area contributed by atoms with Gasteiger partial charge in [-0.2, -0.15) is 13.2 Å². The van der Waals surface area contributed by atoms with Gasteiger partial charge >= 0.3 is 6.18 Å². The number of pyridine rings is 1. The molecule has 1 N–H and O–H groups in total. The number of hydrogen-bond acceptors (Lipinski definition) is 5. The monoisotopic (exact) mass is 351 g/mol. The Hall–Kier alpha value is -2.71. The van der Waals surface area contributed by atoms with Crippen molar-refractivity contribution in [3.05, 3.63) is 48.3 Å². The zero-order chi connectivity index (χ0) is 17.9. The minimum Gasteiger partial charge on any atom is -0.370 e. The number of nitrogens with zero attached hydrogens (tertiary/aromatic N) is 4. The van der Waals surface area contributed by atoms with E-state index in [9.17, 15) is 18.0 Å². The number of rotatable bonds is 3. The molecule has 2 aromatic heterocycles. The second-order valence-electron chi connectivity index (χ2n) is 5.72. The van der Waals surface area contributed by atoms with Gasteiger partial charge < -0.3 is 10.2 Å². The predicted octanol–water partition coefficient (Wildman–Crippen LogP) is 2.29. The van der Waals surface area contributed by atoms with E-state index >= 15 is 0 Å².